The molecule has 2 heterocycles. The molecular weight excluding hydrogens is 272 g/mol. The van der Waals surface area contributed by atoms with Crippen LogP contribution in [0.3, 0.4) is 0 Å². The fourth-order valence-electron chi connectivity index (χ4n) is 3.98. The van der Waals surface area contributed by atoms with E-state index in [-0.39, 0.29) is 12.2 Å². The van der Waals surface area contributed by atoms with Crippen molar-refractivity contribution in [3.05, 3.63) is 0 Å². The summed E-state index contributed by atoms with van der Waals surface area (Å²) in [6.07, 6.45) is 4.28. The number of hydrogen-bond acceptors (Lipinski definition) is 5. The molecule has 2 saturated heterocycles. The van der Waals surface area contributed by atoms with Gasteiger partial charge in [-0.2, -0.15) is 0 Å². The molecule has 8 unspecified atom stereocenters. The molecule has 8 atom stereocenters. The van der Waals surface area contributed by atoms with Gasteiger partial charge in [-0.15, -0.1) is 0 Å². The van der Waals surface area contributed by atoms with Crippen molar-refractivity contribution < 1.29 is 23.7 Å². The molecule has 0 bridgehead atoms. The molecule has 0 aromatic heterocycles. The van der Waals surface area contributed by atoms with Crippen molar-refractivity contribution in [3.8, 4) is 0 Å². The number of hydrogen-bond donors (Lipinski definition) is 0. The van der Waals surface area contributed by atoms with Crippen molar-refractivity contribution in [2.75, 3.05) is 0 Å². The molecule has 0 spiro atoms. The Hall–Kier alpha value is -0.810. The molecule has 2 aliphatic heterocycles. The van der Waals surface area contributed by atoms with Crippen LogP contribution in [-0.4, -0.2) is 42.3 Å². The lowest BCUT2D eigenvalue weighted by molar-refractivity contribution is -0.0860. The van der Waals surface area contributed by atoms with Crippen LogP contribution in [-0.2, 0) is 18.9 Å². The highest BCUT2D eigenvalue weighted by atomic mass is 16.7. The van der Waals surface area contributed by atoms with Gasteiger partial charge in [0.25, 0.3) is 0 Å². The van der Waals surface area contributed by atoms with Crippen LogP contribution in [0.25, 0.3) is 0 Å². The van der Waals surface area contributed by atoms with Crippen LogP contribution in [0.15, 0.2) is 0 Å². The van der Waals surface area contributed by atoms with E-state index < -0.39 is 11.8 Å². The molecule has 0 radical (unpaired) electrons. The van der Waals surface area contributed by atoms with E-state index in [1.165, 1.54) is 0 Å². The van der Waals surface area contributed by atoms with Crippen LogP contribution in [0.2, 0.25) is 0 Å². The van der Waals surface area contributed by atoms with Crippen molar-refractivity contribution in [2.45, 2.75) is 82.6 Å². The average Bonchev–Trinajstić information content (AvgIpc) is 3.27. The predicted molar refractivity (Wildman–Crippen MR) is 73.9 cm³/mol. The molecule has 5 nitrogen and oxygen atoms in total. The average molecular weight is 296 g/mol. The number of carbonyl (C=O) groups is 1. The van der Waals surface area contributed by atoms with E-state index in [4.69, 9.17) is 18.9 Å². The molecule has 21 heavy (non-hydrogen) atoms. The molecule has 4 aliphatic rings. The Morgan fingerprint density at radius 3 is 2.52 bits per heavy atom. The van der Waals surface area contributed by atoms with Gasteiger partial charge in [0.15, 0.2) is 0 Å². The van der Waals surface area contributed by atoms with Crippen molar-refractivity contribution in [1.82, 2.24) is 0 Å². The zero-order valence-electron chi connectivity index (χ0n) is 12.9. The summed E-state index contributed by atoms with van der Waals surface area (Å²) in [5, 5.41) is 0. The topological polar surface area (TPSA) is 60.6 Å². The van der Waals surface area contributed by atoms with Gasteiger partial charge in [-0.1, -0.05) is 13.8 Å². The van der Waals surface area contributed by atoms with Crippen LogP contribution in [0.5, 0.6) is 0 Å². The molecule has 118 valence electrons. The molecule has 2 aliphatic carbocycles. The highest BCUT2D eigenvalue weighted by Gasteiger charge is 2.55. The van der Waals surface area contributed by atoms with E-state index in [9.17, 15) is 4.79 Å². The molecule has 0 aromatic carbocycles. The number of epoxide rings is 2. The Labute approximate surface area is 125 Å². The number of fused-ring (bicyclic) bond motifs is 2. The third kappa shape index (κ3) is 2.55. The smallest absolute Gasteiger partial charge is 0.431 e. The maximum absolute atomic E-state index is 12.2. The van der Waals surface area contributed by atoms with Crippen LogP contribution in [0, 0.1) is 11.8 Å². The van der Waals surface area contributed by atoms with Crippen molar-refractivity contribution in [3.63, 3.8) is 0 Å². The second-order valence-corrected chi connectivity index (χ2v) is 7.54. The molecule has 2 saturated carbocycles. The van der Waals surface area contributed by atoms with Gasteiger partial charge in [-0.3, -0.25) is 0 Å². The van der Waals surface area contributed by atoms with Gasteiger partial charge in [-0.25, -0.2) is 4.79 Å². The molecule has 5 heteroatoms. The van der Waals surface area contributed by atoms with E-state index in [0.717, 1.165) is 25.7 Å². The first-order chi connectivity index (χ1) is 9.94. The number of rotatable bonds is 2. The lowest BCUT2D eigenvalue weighted by atomic mass is 9.77. The van der Waals surface area contributed by atoms with Gasteiger partial charge in [0.1, 0.15) is 11.7 Å². The van der Waals surface area contributed by atoms with Gasteiger partial charge in [-0.05, 0) is 31.6 Å². The van der Waals surface area contributed by atoms with Gasteiger partial charge in [0.05, 0.1) is 24.4 Å². The highest BCUT2D eigenvalue weighted by molar-refractivity contribution is 5.61. The van der Waals surface area contributed by atoms with E-state index in [2.05, 4.69) is 13.8 Å². The maximum Gasteiger partial charge on any atom is 0.509 e. The Morgan fingerprint density at radius 2 is 1.71 bits per heavy atom. The maximum atomic E-state index is 12.2. The van der Waals surface area contributed by atoms with Gasteiger partial charge >= 0.3 is 6.16 Å². The summed E-state index contributed by atoms with van der Waals surface area (Å²) in [5.41, 5.74) is -0.467. The summed E-state index contributed by atoms with van der Waals surface area (Å²) in [5.74, 6) is 0.641. The molecule has 4 rings (SSSR count). The zero-order chi connectivity index (χ0) is 14.8. The lowest BCUT2D eigenvalue weighted by Gasteiger charge is -2.37. The Kier molecular flexibility index (Phi) is 3.02. The highest BCUT2D eigenvalue weighted by Crippen LogP contribution is 2.47. The van der Waals surface area contributed by atoms with E-state index in [1.54, 1.807) is 0 Å². The summed E-state index contributed by atoms with van der Waals surface area (Å²) < 4.78 is 22.4. The van der Waals surface area contributed by atoms with Crippen LogP contribution < -0.4 is 0 Å². The first-order valence-electron chi connectivity index (χ1n) is 8.15. The quantitative estimate of drug-likeness (QED) is 0.579. The molecule has 0 aromatic rings. The summed E-state index contributed by atoms with van der Waals surface area (Å²) in [7, 11) is 0. The van der Waals surface area contributed by atoms with Crippen molar-refractivity contribution >= 4 is 6.16 Å². The monoisotopic (exact) mass is 296 g/mol. The Morgan fingerprint density at radius 1 is 1.05 bits per heavy atom. The fraction of sp³-hybridized carbons (Fsp3) is 0.938. The zero-order valence-corrected chi connectivity index (χ0v) is 12.9. The largest absolute Gasteiger partial charge is 0.509 e. The van der Waals surface area contributed by atoms with Crippen molar-refractivity contribution in [1.29, 1.82) is 0 Å². The Bertz CT molecular complexity index is 452. The summed E-state index contributed by atoms with van der Waals surface area (Å²) in [4.78, 5) is 12.2. The third-order valence-corrected chi connectivity index (χ3v) is 5.88. The van der Waals surface area contributed by atoms with Gasteiger partial charge in [0, 0.05) is 12.8 Å². The summed E-state index contributed by atoms with van der Waals surface area (Å²) >= 11 is 0. The third-order valence-electron chi connectivity index (χ3n) is 5.88. The van der Waals surface area contributed by atoms with Crippen LogP contribution in [0.1, 0.15) is 46.5 Å². The Balaban J connectivity index is 1.34. The molecule has 0 amide bonds. The van der Waals surface area contributed by atoms with Crippen molar-refractivity contribution in [2.24, 2.45) is 11.8 Å². The standard InChI is InChI=1S/C16H24O5/c1-8-4-11-13(18-11)6-10(8)20-15(17)21-16(3)7-14-12(19-14)5-9(16)2/h8-14H,4-7H2,1-3H3. The minimum Gasteiger partial charge on any atom is -0.431 e. The second-order valence-electron chi connectivity index (χ2n) is 7.54. The lowest BCUT2D eigenvalue weighted by Crippen LogP contribution is -2.44. The second kappa shape index (κ2) is 4.59. The summed E-state index contributed by atoms with van der Waals surface area (Å²) in [6, 6.07) is 0. The SMILES string of the molecule is CC1CC2OC2CC1OC(=O)OC1(C)CC2OC2CC1C. The van der Waals surface area contributed by atoms with Crippen LogP contribution in [0.4, 0.5) is 4.79 Å². The van der Waals surface area contributed by atoms with E-state index in [1.807, 2.05) is 6.92 Å². The first kappa shape index (κ1) is 13.8. The first-order valence-corrected chi connectivity index (χ1v) is 8.15. The predicted octanol–water partition coefficient (Wildman–Crippen LogP) is 2.66. The number of carbonyl (C=O) groups excluding carboxylic acids is 1. The summed E-state index contributed by atoms with van der Waals surface area (Å²) in [6.45, 7) is 6.24. The van der Waals surface area contributed by atoms with Gasteiger partial charge < -0.3 is 18.9 Å². The molecular formula is C16H24O5. The fourth-order valence-corrected chi connectivity index (χ4v) is 3.98. The number of ether oxygens (including phenoxy) is 4. The van der Waals surface area contributed by atoms with E-state index >= 15 is 0 Å². The molecule has 4 fully saturated rings. The minimum absolute atomic E-state index is 0.0753. The minimum atomic E-state index is -0.528. The van der Waals surface area contributed by atoms with Crippen LogP contribution >= 0.6 is 0 Å². The normalized spacial score (nSPS) is 54.1. The molecule has 0 N–H and O–H groups in total. The van der Waals surface area contributed by atoms with Gasteiger partial charge in [0.2, 0.25) is 0 Å². The van der Waals surface area contributed by atoms with E-state index in [0.29, 0.717) is 30.1 Å².